The van der Waals surface area contributed by atoms with E-state index >= 15 is 0 Å². The van der Waals surface area contributed by atoms with Gasteiger partial charge in [0, 0.05) is 41.5 Å². The van der Waals surface area contributed by atoms with Crippen LogP contribution in [-0.2, 0) is 11.2 Å². The maximum atomic E-state index is 13.4. The molecule has 1 saturated heterocycles. The van der Waals surface area contributed by atoms with Gasteiger partial charge >= 0.3 is 0 Å². The summed E-state index contributed by atoms with van der Waals surface area (Å²) in [4.78, 5) is 34.8. The number of hydrogen-bond donors (Lipinski definition) is 1. The highest BCUT2D eigenvalue weighted by atomic mass is 19.1. The number of aryl methyl sites for hydroxylation is 2. The lowest BCUT2D eigenvalue weighted by Gasteiger charge is -2.32. The standard InChI is InChI=1S/C20H23FN4O2/c1-12-17(10-18(22)26)13(2)24-19(23-12)15-6-4-8-25(11-15)20(27)14-5-3-7-16(21)9-14/h3,5,7,9,15H,4,6,8,10-11H2,1-2H3,(H2,22,26)/t15-/m1/s1. The van der Waals surface area contributed by atoms with Crippen LogP contribution in [0.25, 0.3) is 0 Å². The Balaban J connectivity index is 1.80. The number of amides is 2. The SMILES string of the molecule is Cc1nc([C@@H]2CCCN(C(=O)c3cccc(F)c3)C2)nc(C)c1CC(N)=O. The quantitative estimate of drug-likeness (QED) is 0.894. The first kappa shape index (κ1) is 18.9. The minimum absolute atomic E-state index is 0.0105. The molecule has 27 heavy (non-hydrogen) atoms. The number of rotatable bonds is 4. The molecule has 2 aromatic rings. The van der Waals surface area contributed by atoms with Crippen LogP contribution in [-0.4, -0.2) is 39.8 Å². The zero-order valence-corrected chi connectivity index (χ0v) is 15.5. The monoisotopic (exact) mass is 370 g/mol. The fourth-order valence-corrected chi connectivity index (χ4v) is 3.55. The van der Waals surface area contributed by atoms with E-state index in [9.17, 15) is 14.0 Å². The van der Waals surface area contributed by atoms with Crippen LogP contribution in [0.15, 0.2) is 24.3 Å². The van der Waals surface area contributed by atoms with Crippen molar-refractivity contribution in [1.29, 1.82) is 0 Å². The Bertz CT molecular complexity index is 861. The van der Waals surface area contributed by atoms with Crippen LogP contribution >= 0.6 is 0 Å². The number of nitrogens with zero attached hydrogens (tertiary/aromatic N) is 3. The number of hydrogen-bond acceptors (Lipinski definition) is 4. The van der Waals surface area contributed by atoms with Crippen LogP contribution in [0.1, 0.15) is 51.9 Å². The number of aromatic nitrogens is 2. The Morgan fingerprint density at radius 1 is 1.26 bits per heavy atom. The predicted molar refractivity (Wildman–Crippen MR) is 98.7 cm³/mol. The van der Waals surface area contributed by atoms with E-state index in [0.29, 0.717) is 24.5 Å². The van der Waals surface area contributed by atoms with Gasteiger partial charge < -0.3 is 10.6 Å². The number of primary amides is 1. The molecular weight excluding hydrogens is 347 g/mol. The second-order valence-electron chi connectivity index (χ2n) is 6.97. The highest BCUT2D eigenvalue weighted by Crippen LogP contribution is 2.27. The minimum Gasteiger partial charge on any atom is -0.369 e. The highest BCUT2D eigenvalue weighted by molar-refractivity contribution is 5.94. The van der Waals surface area contributed by atoms with Crippen LogP contribution in [0.4, 0.5) is 4.39 Å². The molecule has 0 spiro atoms. The van der Waals surface area contributed by atoms with Crippen LogP contribution in [0.3, 0.4) is 0 Å². The molecule has 0 saturated carbocycles. The first-order chi connectivity index (χ1) is 12.8. The summed E-state index contributed by atoms with van der Waals surface area (Å²) in [5.41, 5.74) is 7.88. The predicted octanol–water partition coefficient (Wildman–Crippen LogP) is 2.28. The lowest BCUT2D eigenvalue weighted by Crippen LogP contribution is -2.39. The summed E-state index contributed by atoms with van der Waals surface area (Å²) in [5, 5.41) is 0. The van der Waals surface area contributed by atoms with Crippen molar-refractivity contribution in [3.63, 3.8) is 0 Å². The minimum atomic E-state index is -0.422. The average molecular weight is 370 g/mol. The van der Waals surface area contributed by atoms with E-state index in [2.05, 4.69) is 9.97 Å². The normalized spacial score (nSPS) is 17.0. The van der Waals surface area contributed by atoms with E-state index < -0.39 is 11.7 Å². The van der Waals surface area contributed by atoms with Crippen molar-refractivity contribution in [2.24, 2.45) is 5.73 Å². The van der Waals surface area contributed by atoms with E-state index in [-0.39, 0.29) is 18.2 Å². The van der Waals surface area contributed by atoms with Gasteiger partial charge in [-0.2, -0.15) is 0 Å². The summed E-state index contributed by atoms with van der Waals surface area (Å²) < 4.78 is 13.4. The molecule has 0 aliphatic carbocycles. The molecule has 2 N–H and O–H groups in total. The molecule has 0 bridgehead atoms. The second-order valence-corrected chi connectivity index (χ2v) is 6.97. The third kappa shape index (κ3) is 4.30. The third-order valence-electron chi connectivity index (χ3n) is 4.93. The summed E-state index contributed by atoms with van der Waals surface area (Å²) in [6.07, 6.45) is 1.82. The largest absolute Gasteiger partial charge is 0.369 e. The van der Waals surface area contributed by atoms with E-state index in [1.165, 1.54) is 18.2 Å². The van der Waals surface area contributed by atoms with Crippen LogP contribution in [0.5, 0.6) is 0 Å². The fourth-order valence-electron chi connectivity index (χ4n) is 3.55. The van der Waals surface area contributed by atoms with Gasteiger partial charge in [0.15, 0.2) is 0 Å². The number of piperidine rings is 1. The maximum absolute atomic E-state index is 13.4. The molecule has 3 rings (SSSR count). The number of carbonyl (C=O) groups excluding carboxylic acids is 2. The van der Waals surface area contributed by atoms with Gasteiger partial charge in [0.05, 0.1) is 6.42 Å². The molecule has 1 fully saturated rings. The van der Waals surface area contributed by atoms with Gasteiger partial charge in [-0.25, -0.2) is 14.4 Å². The molecule has 1 atom stereocenters. The van der Waals surface area contributed by atoms with Crippen molar-refractivity contribution >= 4 is 11.8 Å². The van der Waals surface area contributed by atoms with Crippen LogP contribution in [0.2, 0.25) is 0 Å². The van der Waals surface area contributed by atoms with E-state index in [4.69, 9.17) is 5.73 Å². The molecule has 0 unspecified atom stereocenters. The molecule has 0 radical (unpaired) electrons. The van der Waals surface area contributed by atoms with Crippen molar-refractivity contribution in [1.82, 2.24) is 14.9 Å². The molecule has 1 aliphatic rings. The fraction of sp³-hybridized carbons (Fsp3) is 0.400. The number of likely N-dealkylation sites (tertiary alicyclic amines) is 1. The average Bonchev–Trinajstić information content (AvgIpc) is 2.64. The van der Waals surface area contributed by atoms with Crippen molar-refractivity contribution in [3.8, 4) is 0 Å². The smallest absolute Gasteiger partial charge is 0.253 e. The Kier molecular flexibility index (Phi) is 5.48. The van der Waals surface area contributed by atoms with Gasteiger partial charge in [-0.15, -0.1) is 0 Å². The topological polar surface area (TPSA) is 89.2 Å². The van der Waals surface area contributed by atoms with Crippen LogP contribution < -0.4 is 5.73 Å². The summed E-state index contributed by atoms with van der Waals surface area (Å²) in [6.45, 7) is 4.80. The van der Waals surface area contributed by atoms with Gasteiger partial charge in [0.25, 0.3) is 5.91 Å². The molecule has 1 aliphatic heterocycles. The van der Waals surface area contributed by atoms with Crippen molar-refractivity contribution in [2.75, 3.05) is 13.1 Å². The van der Waals surface area contributed by atoms with E-state index in [1.807, 2.05) is 13.8 Å². The maximum Gasteiger partial charge on any atom is 0.253 e. The molecule has 142 valence electrons. The Hall–Kier alpha value is -2.83. The zero-order valence-electron chi connectivity index (χ0n) is 15.5. The van der Waals surface area contributed by atoms with Gasteiger partial charge in [0.1, 0.15) is 11.6 Å². The van der Waals surface area contributed by atoms with Crippen LogP contribution in [0, 0.1) is 19.7 Å². The van der Waals surface area contributed by atoms with Gasteiger partial charge in [-0.1, -0.05) is 6.07 Å². The first-order valence-corrected chi connectivity index (χ1v) is 9.02. The van der Waals surface area contributed by atoms with Gasteiger partial charge in [0.2, 0.25) is 5.91 Å². The molecule has 1 aromatic carbocycles. The Morgan fingerprint density at radius 3 is 2.59 bits per heavy atom. The van der Waals surface area contributed by atoms with E-state index in [0.717, 1.165) is 29.8 Å². The summed E-state index contributed by atoms with van der Waals surface area (Å²) in [5.74, 6) is -0.333. The Labute approximate surface area is 157 Å². The molecule has 2 amide bonds. The molecule has 1 aromatic heterocycles. The first-order valence-electron chi connectivity index (χ1n) is 9.02. The van der Waals surface area contributed by atoms with Crippen molar-refractivity contribution in [2.45, 2.75) is 39.0 Å². The number of carbonyl (C=O) groups is 2. The number of nitrogens with two attached hydrogens (primary N) is 1. The van der Waals surface area contributed by atoms with Gasteiger partial charge in [-0.3, -0.25) is 9.59 Å². The lowest BCUT2D eigenvalue weighted by molar-refractivity contribution is -0.117. The van der Waals surface area contributed by atoms with E-state index in [1.54, 1.807) is 11.0 Å². The lowest BCUT2D eigenvalue weighted by atomic mass is 9.95. The number of halogens is 1. The second kappa shape index (κ2) is 7.82. The van der Waals surface area contributed by atoms with Crippen molar-refractivity contribution < 1.29 is 14.0 Å². The third-order valence-corrected chi connectivity index (χ3v) is 4.93. The molecular formula is C20H23FN4O2. The summed E-state index contributed by atoms with van der Waals surface area (Å²) >= 11 is 0. The molecule has 2 heterocycles. The zero-order chi connectivity index (χ0) is 19.6. The highest BCUT2D eigenvalue weighted by Gasteiger charge is 2.28. The molecule has 7 heteroatoms. The number of benzene rings is 1. The summed E-state index contributed by atoms with van der Waals surface area (Å²) in [7, 11) is 0. The Morgan fingerprint density at radius 2 is 1.96 bits per heavy atom. The van der Waals surface area contributed by atoms with Crippen molar-refractivity contribution in [3.05, 3.63) is 58.4 Å². The van der Waals surface area contributed by atoms with Gasteiger partial charge in [-0.05, 0) is 44.9 Å². The summed E-state index contributed by atoms with van der Waals surface area (Å²) in [6, 6.07) is 5.74. The molecule has 6 nitrogen and oxygen atoms in total.